The first kappa shape index (κ1) is 47.9. The van der Waals surface area contributed by atoms with E-state index in [4.69, 9.17) is 24.7 Å². The van der Waals surface area contributed by atoms with Crippen LogP contribution in [0.3, 0.4) is 0 Å². The number of nitrogens with one attached hydrogen (secondary N) is 3. The van der Waals surface area contributed by atoms with E-state index in [9.17, 15) is 19.2 Å². The van der Waals surface area contributed by atoms with Crippen LogP contribution in [-0.4, -0.2) is 71.4 Å². The van der Waals surface area contributed by atoms with E-state index in [0.717, 1.165) is 44.8 Å². The summed E-state index contributed by atoms with van der Waals surface area (Å²) in [5.74, 6) is -1.10. The summed E-state index contributed by atoms with van der Waals surface area (Å²) in [6, 6.07) is 0. The highest BCUT2D eigenvalue weighted by molar-refractivity contribution is 9.11. The van der Waals surface area contributed by atoms with Crippen LogP contribution in [0.5, 0.6) is 0 Å². The van der Waals surface area contributed by atoms with Gasteiger partial charge in [-0.2, -0.15) is 0 Å². The van der Waals surface area contributed by atoms with E-state index in [1.807, 2.05) is 38.5 Å². The number of esters is 4. The Bertz CT molecular complexity index is 1730. The SMILES string of the molecule is CCOC(=O)c1c(C)csc1N.CCOC(=O)c1c(C)csc1NC.CCOC(=O)c1c(NC)sc(Br)c1C.CCOC(=O)c1c(NC)sc(Br)c1C. The van der Waals surface area contributed by atoms with Gasteiger partial charge in [0.15, 0.2) is 0 Å². The van der Waals surface area contributed by atoms with Gasteiger partial charge in [-0.15, -0.1) is 45.3 Å². The van der Waals surface area contributed by atoms with Crippen molar-refractivity contribution in [2.75, 3.05) is 69.3 Å². The summed E-state index contributed by atoms with van der Waals surface area (Å²) in [5, 5.41) is 15.8. The summed E-state index contributed by atoms with van der Waals surface area (Å²) in [7, 11) is 5.38. The number of thiophene rings is 4. The fourth-order valence-corrected chi connectivity index (χ4v) is 9.03. The molecular formula is C35H48Br2N4O8S4. The maximum Gasteiger partial charge on any atom is 0.341 e. The molecule has 0 bridgehead atoms. The molecule has 4 aromatic heterocycles. The highest BCUT2D eigenvalue weighted by atomic mass is 79.9. The molecule has 0 aromatic carbocycles. The van der Waals surface area contributed by atoms with Crippen LogP contribution in [0, 0.1) is 27.7 Å². The van der Waals surface area contributed by atoms with E-state index < -0.39 is 0 Å². The van der Waals surface area contributed by atoms with E-state index >= 15 is 0 Å². The Hall–Kier alpha value is -3.16. The number of aryl methyl sites for hydroxylation is 2. The molecule has 5 N–H and O–H groups in total. The monoisotopic (exact) mass is 938 g/mol. The van der Waals surface area contributed by atoms with Crippen molar-refractivity contribution in [3.63, 3.8) is 0 Å². The third kappa shape index (κ3) is 13.6. The Labute approximate surface area is 344 Å². The van der Waals surface area contributed by atoms with E-state index in [1.165, 1.54) is 45.3 Å². The van der Waals surface area contributed by atoms with Crippen molar-refractivity contribution in [1.29, 1.82) is 0 Å². The van der Waals surface area contributed by atoms with Crippen LogP contribution in [-0.2, 0) is 18.9 Å². The van der Waals surface area contributed by atoms with Crippen molar-refractivity contribution in [2.24, 2.45) is 0 Å². The average Bonchev–Trinajstić information content (AvgIpc) is 3.84. The zero-order chi connectivity index (χ0) is 40.4. The molecule has 0 amide bonds. The molecule has 18 heteroatoms. The number of rotatable bonds is 11. The zero-order valence-electron chi connectivity index (χ0n) is 31.7. The normalized spacial score (nSPS) is 9.91. The van der Waals surface area contributed by atoms with Crippen LogP contribution >= 0.6 is 77.2 Å². The van der Waals surface area contributed by atoms with E-state index in [-0.39, 0.29) is 23.9 Å². The Morgan fingerprint density at radius 3 is 1.21 bits per heavy atom. The molecule has 53 heavy (non-hydrogen) atoms. The van der Waals surface area contributed by atoms with Gasteiger partial charge in [-0.25, -0.2) is 19.2 Å². The third-order valence-electron chi connectivity index (χ3n) is 6.75. The van der Waals surface area contributed by atoms with Gasteiger partial charge in [0.2, 0.25) is 0 Å². The molecule has 0 fully saturated rings. The van der Waals surface area contributed by atoms with Gasteiger partial charge in [-0.3, -0.25) is 0 Å². The minimum absolute atomic E-state index is 0.245. The van der Waals surface area contributed by atoms with Crippen molar-refractivity contribution in [1.82, 2.24) is 0 Å². The van der Waals surface area contributed by atoms with Crippen molar-refractivity contribution in [3.05, 3.63) is 62.8 Å². The summed E-state index contributed by atoms with van der Waals surface area (Å²) >= 11 is 12.7. The number of hydrogen-bond donors (Lipinski definition) is 4. The standard InChI is InChI=1S/2C9H12BrNO2S.C9H13NO2S.C8H11NO2S/c2*1-4-13-9(12)6-5(2)7(10)14-8(6)11-3;1-4-12-9(11)7-6(2)5-13-8(7)10-3;1-3-11-8(10)6-5(2)4-12-7(6)9/h2*11H,4H2,1-3H3;5,10H,4H2,1-3H3;4H,3,9H2,1-2H3. The Kier molecular flexibility index (Phi) is 21.9. The molecule has 0 spiro atoms. The van der Waals surface area contributed by atoms with Crippen LogP contribution in [0.15, 0.2) is 18.3 Å². The molecule has 0 saturated heterocycles. The average molecular weight is 941 g/mol. The van der Waals surface area contributed by atoms with Crippen LogP contribution in [0.25, 0.3) is 0 Å². The van der Waals surface area contributed by atoms with Crippen molar-refractivity contribution < 1.29 is 38.1 Å². The summed E-state index contributed by atoms with van der Waals surface area (Å²) in [6.07, 6.45) is 0. The Balaban J connectivity index is 0.000000354. The second-order valence-electron chi connectivity index (χ2n) is 10.3. The zero-order valence-corrected chi connectivity index (χ0v) is 38.2. The first-order chi connectivity index (χ1) is 25.1. The molecule has 12 nitrogen and oxygen atoms in total. The van der Waals surface area contributed by atoms with Crippen LogP contribution in [0.2, 0.25) is 0 Å². The van der Waals surface area contributed by atoms with Gasteiger partial charge in [-0.05, 0) is 120 Å². The molecule has 0 aliphatic heterocycles. The highest BCUT2D eigenvalue weighted by Crippen LogP contribution is 2.38. The molecule has 0 saturated carbocycles. The molecular weight excluding hydrogens is 892 g/mol. The number of nitrogen functional groups attached to an aromatic ring is 1. The largest absolute Gasteiger partial charge is 0.462 e. The van der Waals surface area contributed by atoms with Gasteiger partial charge in [0.1, 0.15) is 20.0 Å². The predicted octanol–water partition coefficient (Wildman–Crippen LogP) is 10.2. The lowest BCUT2D eigenvalue weighted by atomic mass is 10.2. The van der Waals surface area contributed by atoms with Gasteiger partial charge in [0, 0.05) is 21.1 Å². The first-order valence-electron chi connectivity index (χ1n) is 16.3. The van der Waals surface area contributed by atoms with E-state index in [2.05, 4.69) is 47.8 Å². The molecule has 4 rings (SSSR count). The summed E-state index contributed by atoms with van der Waals surface area (Å²) in [6.45, 7) is 16.3. The number of carbonyl (C=O) groups excluding carboxylic acids is 4. The van der Waals surface area contributed by atoms with Gasteiger partial charge in [-0.1, -0.05) is 0 Å². The number of hydrogen-bond acceptors (Lipinski definition) is 16. The lowest BCUT2D eigenvalue weighted by Crippen LogP contribution is -2.07. The Morgan fingerprint density at radius 1 is 0.566 bits per heavy atom. The van der Waals surface area contributed by atoms with Crippen molar-refractivity contribution in [2.45, 2.75) is 55.4 Å². The molecule has 0 aliphatic rings. The van der Waals surface area contributed by atoms with Crippen molar-refractivity contribution in [3.8, 4) is 0 Å². The van der Waals surface area contributed by atoms with Gasteiger partial charge in [0.25, 0.3) is 0 Å². The second kappa shape index (κ2) is 24.3. The summed E-state index contributed by atoms with van der Waals surface area (Å²) in [4.78, 5) is 45.9. The number of nitrogens with two attached hydrogens (primary N) is 1. The summed E-state index contributed by atoms with van der Waals surface area (Å²) < 4.78 is 21.6. The smallest absolute Gasteiger partial charge is 0.341 e. The van der Waals surface area contributed by atoms with E-state index in [0.29, 0.717) is 53.7 Å². The maximum absolute atomic E-state index is 11.6. The molecule has 0 radical (unpaired) electrons. The van der Waals surface area contributed by atoms with Crippen LogP contribution < -0.4 is 21.7 Å². The molecule has 4 aromatic rings. The molecule has 4 heterocycles. The lowest BCUT2D eigenvalue weighted by molar-refractivity contribution is 0.0517. The quantitative estimate of drug-likeness (QED) is 0.0832. The minimum Gasteiger partial charge on any atom is -0.462 e. The first-order valence-corrected chi connectivity index (χ1v) is 21.3. The maximum atomic E-state index is 11.6. The molecule has 0 aliphatic carbocycles. The lowest BCUT2D eigenvalue weighted by Gasteiger charge is -2.03. The molecule has 294 valence electrons. The fraction of sp³-hybridized carbons (Fsp3) is 0.429. The van der Waals surface area contributed by atoms with Gasteiger partial charge >= 0.3 is 23.9 Å². The van der Waals surface area contributed by atoms with Gasteiger partial charge in [0.05, 0.1) is 56.3 Å². The topological polar surface area (TPSA) is 167 Å². The molecule has 0 unspecified atom stereocenters. The second-order valence-corrected chi connectivity index (χ2v) is 16.8. The fourth-order valence-electron chi connectivity index (χ4n) is 4.24. The minimum atomic E-state index is -0.325. The third-order valence-corrected chi connectivity index (χ3v) is 13.2. The van der Waals surface area contributed by atoms with Crippen molar-refractivity contribution >= 4 is 121 Å². The summed E-state index contributed by atoms with van der Waals surface area (Å²) in [5.41, 5.74) is 11.7. The Morgan fingerprint density at radius 2 is 0.887 bits per heavy atom. The molecule has 0 atom stereocenters. The predicted molar refractivity (Wildman–Crippen MR) is 229 cm³/mol. The van der Waals surface area contributed by atoms with Gasteiger partial charge < -0.3 is 40.6 Å². The van der Waals surface area contributed by atoms with E-state index in [1.54, 1.807) is 48.8 Å². The number of anilines is 4. The van der Waals surface area contributed by atoms with Crippen LogP contribution in [0.4, 0.5) is 20.0 Å². The van der Waals surface area contributed by atoms with Crippen LogP contribution in [0.1, 0.15) is 91.4 Å². The highest BCUT2D eigenvalue weighted by Gasteiger charge is 2.21. The number of carbonyl (C=O) groups is 4. The number of halogens is 2. The number of ether oxygens (including phenoxy) is 4.